The van der Waals surface area contributed by atoms with E-state index in [1.807, 2.05) is 20.8 Å². The summed E-state index contributed by atoms with van der Waals surface area (Å²) in [6.45, 7) is 7.69. The van der Waals surface area contributed by atoms with Gasteiger partial charge in [0.1, 0.15) is 24.9 Å². The molecule has 3 atom stereocenters. The molecule has 1 fully saturated rings. The maximum absolute atomic E-state index is 14.7. The van der Waals surface area contributed by atoms with Gasteiger partial charge in [0.15, 0.2) is 5.69 Å². The van der Waals surface area contributed by atoms with Crippen LogP contribution in [0.1, 0.15) is 43.4 Å². The zero-order valence-electron chi connectivity index (χ0n) is 19.6. The molecule has 0 spiro atoms. The maximum Gasteiger partial charge on any atom is 0.269 e. The smallest absolute Gasteiger partial charge is 0.269 e. The SMILES string of the molecule is CO[C@H]1[C@@H](C(=O)NCCC(C)(C)C)N(C(=O)Cn2nc(C(N)=O)c3cc(C)ncc32)C[C@@H]1F. The number of nitrogens with two attached hydrogens (primary N) is 1. The van der Waals surface area contributed by atoms with Crippen molar-refractivity contribution in [3.63, 3.8) is 0 Å². The van der Waals surface area contributed by atoms with Gasteiger partial charge >= 0.3 is 0 Å². The van der Waals surface area contributed by atoms with Crippen LogP contribution in [0.2, 0.25) is 0 Å². The van der Waals surface area contributed by atoms with E-state index in [-0.39, 0.29) is 24.2 Å². The number of hydrogen-bond donors (Lipinski definition) is 2. The van der Waals surface area contributed by atoms with Gasteiger partial charge in [-0.15, -0.1) is 0 Å². The highest BCUT2D eigenvalue weighted by atomic mass is 19.1. The number of hydrogen-bond acceptors (Lipinski definition) is 6. The predicted molar refractivity (Wildman–Crippen MR) is 119 cm³/mol. The van der Waals surface area contributed by atoms with Gasteiger partial charge in [-0.2, -0.15) is 5.10 Å². The Balaban J connectivity index is 1.84. The van der Waals surface area contributed by atoms with E-state index in [1.165, 1.54) is 22.9 Å². The number of likely N-dealkylation sites (tertiary alicyclic amines) is 1. The van der Waals surface area contributed by atoms with E-state index in [9.17, 15) is 18.8 Å². The lowest BCUT2D eigenvalue weighted by atomic mass is 9.92. The van der Waals surface area contributed by atoms with Crippen LogP contribution in [0.4, 0.5) is 4.39 Å². The molecule has 0 aliphatic carbocycles. The van der Waals surface area contributed by atoms with E-state index < -0.39 is 36.0 Å². The van der Waals surface area contributed by atoms with Gasteiger partial charge in [-0.1, -0.05) is 20.8 Å². The number of nitrogens with one attached hydrogen (secondary N) is 1. The van der Waals surface area contributed by atoms with Gasteiger partial charge in [0.25, 0.3) is 5.91 Å². The van der Waals surface area contributed by atoms with Crippen LogP contribution < -0.4 is 11.1 Å². The Morgan fingerprint density at radius 2 is 2.03 bits per heavy atom. The molecule has 33 heavy (non-hydrogen) atoms. The van der Waals surface area contributed by atoms with Crippen molar-refractivity contribution in [1.29, 1.82) is 0 Å². The van der Waals surface area contributed by atoms with Gasteiger partial charge in [-0.05, 0) is 24.8 Å². The van der Waals surface area contributed by atoms with Crippen LogP contribution in [-0.2, 0) is 20.9 Å². The number of rotatable bonds is 7. The van der Waals surface area contributed by atoms with Crippen molar-refractivity contribution in [2.45, 2.75) is 59.0 Å². The zero-order chi connectivity index (χ0) is 24.5. The maximum atomic E-state index is 14.7. The summed E-state index contributed by atoms with van der Waals surface area (Å²) in [5.74, 6) is -1.74. The van der Waals surface area contributed by atoms with Crippen molar-refractivity contribution < 1.29 is 23.5 Å². The summed E-state index contributed by atoms with van der Waals surface area (Å²) in [7, 11) is 1.31. The quantitative estimate of drug-likeness (QED) is 0.630. The van der Waals surface area contributed by atoms with Crippen molar-refractivity contribution in [3.05, 3.63) is 23.7 Å². The van der Waals surface area contributed by atoms with Gasteiger partial charge in [0.05, 0.1) is 18.3 Å². The Morgan fingerprint density at radius 3 is 2.64 bits per heavy atom. The molecule has 0 bridgehead atoms. The molecule has 2 aromatic rings. The average molecular weight is 463 g/mol. The number of aromatic nitrogens is 3. The number of amides is 3. The first kappa shape index (κ1) is 24.6. The van der Waals surface area contributed by atoms with Crippen LogP contribution in [0.3, 0.4) is 0 Å². The number of methoxy groups -OCH3 is 1. The fraction of sp³-hybridized carbons (Fsp3) is 0.591. The van der Waals surface area contributed by atoms with Gasteiger partial charge in [0.2, 0.25) is 11.8 Å². The summed E-state index contributed by atoms with van der Waals surface area (Å²) in [5.41, 5.74) is 6.56. The Labute approximate surface area is 191 Å². The van der Waals surface area contributed by atoms with E-state index in [0.717, 1.165) is 6.42 Å². The monoisotopic (exact) mass is 462 g/mol. The fourth-order valence-corrected chi connectivity index (χ4v) is 3.97. The second-order valence-corrected chi connectivity index (χ2v) is 9.52. The number of alkyl halides is 1. The van der Waals surface area contributed by atoms with E-state index in [0.29, 0.717) is 23.1 Å². The largest absolute Gasteiger partial charge is 0.376 e. The molecule has 10 nitrogen and oxygen atoms in total. The first-order valence-corrected chi connectivity index (χ1v) is 10.8. The number of aryl methyl sites for hydroxylation is 1. The standard InChI is InChI=1S/C22H31FN6O4/c1-12-8-13-15(9-26-12)29(27-17(13)20(24)31)11-16(30)28-10-14(23)19(33-5)18(28)21(32)25-7-6-22(2,3)4/h8-9,14,18-19H,6-7,10-11H2,1-5H3,(H2,24,31)(H,25,32)/t14-,18-,19+/m0/s1. The molecule has 2 aromatic heterocycles. The van der Waals surface area contributed by atoms with E-state index in [4.69, 9.17) is 10.5 Å². The molecule has 3 rings (SSSR count). The number of fused-ring (bicyclic) bond motifs is 1. The zero-order valence-corrected chi connectivity index (χ0v) is 19.6. The van der Waals surface area contributed by atoms with Crippen LogP contribution >= 0.6 is 0 Å². The van der Waals surface area contributed by atoms with E-state index in [2.05, 4.69) is 15.4 Å². The highest BCUT2D eigenvalue weighted by molar-refractivity contribution is 6.04. The Kier molecular flexibility index (Phi) is 7.01. The van der Waals surface area contributed by atoms with Crippen molar-refractivity contribution >= 4 is 28.6 Å². The number of carbonyl (C=O) groups excluding carboxylic acids is 3. The molecular weight excluding hydrogens is 431 g/mol. The number of pyridine rings is 1. The Morgan fingerprint density at radius 1 is 1.33 bits per heavy atom. The summed E-state index contributed by atoms with van der Waals surface area (Å²) < 4.78 is 21.2. The second-order valence-electron chi connectivity index (χ2n) is 9.52. The molecule has 0 aromatic carbocycles. The minimum Gasteiger partial charge on any atom is -0.376 e. The van der Waals surface area contributed by atoms with E-state index >= 15 is 0 Å². The fourth-order valence-electron chi connectivity index (χ4n) is 3.97. The van der Waals surface area contributed by atoms with Crippen LogP contribution in [0.15, 0.2) is 12.3 Å². The van der Waals surface area contributed by atoms with Crippen molar-refractivity contribution in [1.82, 2.24) is 25.0 Å². The number of nitrogens with zero attached hydrogens (tertiary/aromatic N) is 4. The van der Waals surface area contributed by atoms with Crippen molar-refractivity contribution in [2.24, 2.45) is 11.1 Å². The third-order valence-electron chi connectivity index (χ3n) is 5.70. The summed E-state index contributed by atoms with van der Waals surface area (Å²) in [4.78, 5) is 43.3. The Bertz CT molecular complexity index is 1060. The van der Waals surface area contributed by atoms with Crippen LogP contribution in [0.5, 0.6) is 0 Å². The number of primary amides is 1. The normalized spacial score (nSPS) is 20.9. The minimum atomic E-state index is -1.52. The molecule has 180 valence electrons. The molecule has 1 aliphatic rings. The molecule has 3 N–H and O–H groups in total. The van der Waals surface area contributed by atoms with Crippen LogP contribution in [0, 0.1) is 12.3 Å². The average Bonchev–Trinajstić information content (AvgIpc) is 3.24. The Hall–Kier alpha value is -3.08. The first-order chi connectivity index (χ1) is 15.4. The topological polar surface area (TPSA) is 132 Å². The molecule has 0 saturated carbocycles. The van der Waals surface area contributed by atoms with Crippen molar-refractivity contribution in [2.75, 3.05) is 20.2 Å². The number of ether oxygens (including phenoxy) is 1. The van der Waals surface area contributed by atoms with Crippen LogP contribution in [0.25, 0.3) is 10.9 Å². The summed E-state index contributed by atoms with van der Waals surface area (Å²) >= 11 is 0. The highest BCUT2D eigenvalue weighted by Gasteiger charge is 2.48. The lowest BCUT2D eigenvalue weighted by Gasteiger charge is -2.27. The summed E-state index contributed by atoms with van der Waals surface area (Å²) in [6, 6.07) is 0.541. The molecule has 3 amide bonds. The number of carbonyl (C=O) groups is 3. The first-order valence-electron chi connectivity index (χ1n) is 10.8. The number of halogens is 1. The molecule has 0 radical (unpaired) electrons. The predicted octanol–water partition coefficient (Wildman–Crippen LogP) is 0.955. The third-order valence-corrected chi connectivity index (χ3v) is 5.70. The molecule has 1 saturated heterocycles. The molecular formula is C22H31FN6O4. The van der Waals surface area contributed by atoms with Gasteiger partial charge in [0, 0.05) is 24.7 Å². The van der Waals surface area contributed by atoms with E-state index in [1.54, 1.807) is 13.0 Å². The van der Waals surface area contributed by atoms with Gasteiger partial charge < -0.3 is 20.7 Å². The highest BCUT2D eigenvalue weighted by Crippen LogP contribution is 2.26. The third kappa shape index (κ3) is 5.29. The molecule has 3 heterocycles. The van der Waals surface area contributed by atoms with Gasteiger partial charge in [-0.25, -0.2) is 4.39 Å². The van der Waals surface area contributed by atoms with Gasteiger partial charge in [-0.3, -0.25) is 24.0 Å². The molecule has 0 unspecified atom stereocenters. The molecule has 1 aliphatic heterocycles. The lowest BCUT2D eigenvalue weighted by molar-refractivity contribution is -0.141. The minimum absolute atomic E-state index is 0.00736. The van der Waals surface area contributed by atoms with Crippen molar-refractivity contribution in [3.8, 4) is 0 Å². The summed E-state index contributed by atoms with van der Waals surface area (Å²) in [6.07, 6.45) is -0.383. The summed E-state index contributed by atoms with van der Waals surface area (Å²) in [5, 5.41) is 7.44. The molecule has 11 heteroatoms. The lowest BCUT2D eigenvalue weighted by Crippen LogP contribution is -2.52. The second kappa shape index (κ2) is 9.42. The van der Waals surface area contributed by atoms with Crippen LogP contribution in [-0.4, -0.2) is 75.9 Å².